The molecule has 2 aromatic heterocycles. The van der Waals surface area contributed by atoms with Crippen molar-refractivity contribution in [2.24, 2.45) is 5.92 Å². The van der Waals surface area contributed by atoms with E-state index in [2.05, 4.69) is 16.9 Å². The molecule has 1 saturated heterocycles. The largest absolute Gasteiger partial charge is 0.396 e. The highest BCUT2D eigenvalue weighted by molar-refractivity contribution is 7.21. The molecule has 106 valence electrons. The maximum atomic E-state index is 12.6. The molecule has 1 atom stereocenters. The predicted octanol–water partition coefficient (Wildman–Crippen LogP) is 2.54. The van der Waals surface area contributed by atoms with Gasteiger partial charge in [-0.15, -0.1) is 11.3 Å². The highest BCUT2D eigenvalue weighted by atomic mass is 32.1. The van der Waals surface area contributed by atoms with Crippen LogP contribution in [0.4, 0.5) is 5.69 Å². The zero-order valence-corrected chi connectivity index (χ0v) is 12.3. The van der Waals surface area contributed by atoms with E-state index in [1.54, 1.807) is 12.4 Å². The highest BCUT2D eigenvalue weighted by Crippen LogP contribution is 2.33. The van der Waals surface area contributed by atoms with Gasteiger partial charge in [0.25, 0.3) is 5.91 Å². The van der Waals surface area contributed by atoms with Crippen LogP contribution in [0.5, 0.6) is 0 Å². The topological polar surface area (TPSA) is 72.1 Å². The molecule has 0 spiro atoms. The van der Waals surface area contributed by atoms with E-state index < -0.39 is 0 Å². The number of nitrogen functional groups attached to an aromatic ring is 1. The zero-order chi connectivity index (χ0) is 14.1. The Bertz CT molecular complexity index is 639. The van der Waals surface area contributed by atoms with Crippen LogP contribution in [0.15, 0.2) is 12.4 Å². The molecule has 20 heavy (non-hydrogen) atoms. The molecule has 1 unspecified atom stereocenters. The van der Waals surface area contributed by atoms with E-state index in [-0.39, 0.29) is 5.91 Å². The Morgan fingerprint density at radius 1 is 1.50 bits per heavy atom. The smallest absolute Gasteiger partial charge is 0.266 e. The van der Waals surface area contributed by atoms with Gasteiger partial charge in [-0.25, -0.2) is 9.97 Å². The van der Waals surface area contributed by atoms with Crippen molar-refractivity contribution < 1.29 is 4.79 Å². The summed E-state index contributed by atoms with van der Waals surface area (Å²) in [4.78, 5) is 24.3. The Balaban J connectivity index is 1.84. The van der Waals surface area contributed by atoms with Crippen molar-refractivity contribution in [2.75, 3.05) is 18.8 Å². The fraction of sp³-hybridized carbons (Fsp3) is 0.500. The van der Waals surface area contributed by atoms with Gasteiger partial charge in [0.1, 0.15) is 15.2 Å². The molecule has 0 aliphatic carbocycles. The Kier molecular flexibility index (Phi) is 3.56. The lowest BCUT2D eigenvalue weighted by Crippen LogP contribution is -2.28. The minimum atomic E-state index is 0.0332. The average Bonchev–Trinajstić information content (AvgIpc) is 3.05. The van der Waals surface area contributed by atoms with Crippen LogP contribution in [-0.4, -0.2) is 33.9 Å². The van der Waals surface area contributed by atoms with Gasteiger partial charge in [0.2, 0.25) is 0 Å². The minimum absolute atomic E-state index is 0.0332. The molecule has 1 fully saturated rings. The van der Waals surface area contributed by atoms with Gasteiger partial charge in [0.15, 0.2) is 0 Å². The molecule has 3 rings (SSSR count). The number of likely N-dealkylation sites (tertiary alicyclic amines) is 1. The number of rotatable bonds is 3. The van der Waals surface area contributed by atoms with Gasteiger partial charge in [-0.1, -0.05) is 13.3 Å². The first-order chi connectivity index (χ1) is 9.70. The van der Waals surface area contributed by atoms with Gasteiger partial charge in [0.05, 0.1) is 5.69 Å². The lowest BCUT2D eigenvalue weighted by Gasteiger charge is -2.15. The van der Waals surface area contributed by atoms with Gasteiger partial charge in [0, 0.05) is 25.5 Å². The molecule has 0 radical (unpaired) electrons. The number of fused-ring (bicyclic) bond motifs is 1. The van der Waals surface area contributed by atoms with Crippen molar-refractivity contribution in [1.29, 1.82) is 0 Å². The summed E-state index contributed by atoms with van der Waals surface area (Å²) in [6, 6.07) is 0. The summed E-state index contributed by atoms with van der Waals surface area (Å²) in [5, 5.41) is 0. The second-order valence-electron chi connectivity index (χ2n) is 5.25. The van der Waals surface area contributed by atoms with E-state index in [0.29, 0.717) is 22.0 Å². The van der Waals surface area contributed by atoms with Crippen LogP contribution in [0.25, 0.3) is 10.3 Å². The fourth-order valence-corrected chi connectivity index (χ4v) is 3.80. The second kappa shape index (κ2) is 5.36. The van der Waals surface area contributed by atoms with E-state index in [0.717, 1.165) is 24.3 Å². The first kappa shape index (κ1) is 13.3. The molecule has 0 saturated carbocycles. The molecule has 6 heteroatoms. The number of carbonyl (C=O) groups is 1. The highest BCUT2D eigenvalue weighted by Gasteiger charge is 2.29. The molecule has 1 aliphatic heterocycles. The summed E-state index contributed by atoms with van der Waals surface area (Å²) in [5.74, 6) is 0.668. The second-order valence-corrected chi connectivity index (χ2v) is 6.25. The molecule has 0 bridgehead atoms. The number of carbonyl (C=O) groups excluding carboxylic acids is 1. The summed E-state index contributed by atoms with van der Waals surface area (Å²) in [6.07, 6.45) is 6.69. The number of amides is 1. The first-order valence-corrected chi connectivity index (χ1v) is 7.80. The van der Waals surface area contributed by atoms with Crippen LogP contribution in [0.3, 0.4) is 0 Å². The molecule has 2 N–H and O–H groups in total. The van der Waals surface area contributed by atoms with Crippen molar-refractivity contribution in [3.05, 3.63) is 17.3 Å². The van der Waals surface area contributed by atoms with Crippen molar-refractivity contribution in [1.82, 2.24) is 14.9 Å². The van der Waals surface area contributed by atoms with Crippen LogP contribution in [0.1, 0.15) is 35.9 Å². The van der Waals surface area contributed by atoms with Crippen molar-refractivity contribution in [3.63, 3.8) is 0 Å². The van der Waals surface area contributed by atoms with Gasteiger partial charge < -0.3 is 10.6 Å². The molecular weight excluding hydrogens is 272 g/mol. The van der Waals surface area contributed by atoms with Crippen LogP contribution in [0, 0.1) is 5.92 Å². The molecule has 0 aromatic carbocycles. The third-order valence-electron chi connectivity index (χ3n) is 3.83. The third kappa shape index (κ3) is 2.24. The number of nitrogens with two attached hydrogens (primary N) is 1. The number of hydrogen-bond donors (Lipinski definition) is 1. The monoisotopic (exact) mass is 290 g/mol. The van der Waals surface area contributed by atoms with Crippen LogP contribution < -0.4 is 5.73 Å². The van der Waals surface area contributed by atoms with Gasteiger partial charge in [-0.05, 0) is 18.8 Å². The number of aromatic nitrogens is 2. The number of nitrogens with zero attached hydrogens (tertiary/aromatic N) is 3. The normalized spacial score (nSPS) is 18.9. The van der Waals surface area contributed by atoms with E-state index in [1.807, 2.05) is 4.90 Å². The summed E-state index contributed by atoms with van der Waals surface area (Å²) in [7, 11) is 0. The van der Waals surface area contributed by atoms with E-state index in [1.165, 1.54) is 24.2 Å². The Morgan fingerprint density at radius 3 is 3.05 bits per heavy atom. The number of hydrogen-bond acceptors (Lipinski definition) is 5. The standard InChI is InChI=1S/C14H18N4OS/c1-2-3-9-4-7-18(8-9)14(19)12-10(15)11-13(20-12)17-6-5-16-11/h5-6,9H,2-4,7-8,15H2,1H3. The Morgan fingerprint density at radius 2 is 2.30 bits per heavy atom. The Hall–Kier alpha value is -1.69. The fourth-order valence-electron chi connectivity index (χ4n) is 2.81. The quantitative estimate of drug-likeness (QED) is 0.943. The molecule has 1 amide bonds. The van der Waals surface area contributed by atoms with E-state index in [4.69, 9.17) is 5.73 Å². The van der Waals surface area contributed by atoms with Crippen LogP contribution in [-0.2, 0) is 0 Å². The molecule has 2 aromatic rings. The zero-order valence-electron chi connectivity index (χ0n) is 11.5. The van der Waals surface area contributed by atoms with Gasteiger partial charge in [-0.3, -0.25) is 4.79 Å². The van der Waals surface area contributed by atoms with Crippen molar-refractivity contribution >= 4 is 33.3 Å². The van der Waals surface area contributed by atoms with E-state index >= 15 is 0 Å². The molecule has 1 aliphatic rings. The van der Waals surface area contributed by atoms with Gasteiger partial charge >= 0.3 is 0 Å². The van der Waals surface area contributed by atoms with Crippen molar-refractivity contribution in [3.8, 4) is 0 Å². The maximum absolute atomic E-state index is 12.6. The average molecular weight is 290 g/mol. The maximum Gasteiger partial charge on any atom is 0.266 e. The summed E-state index contributed by atoms with van der Waals surface area (Å²) >= 11 is 1.34. The lowest BCUT2D eigenvalue weighted by atomic mass is 10.0. The SMILES string of the molecule is CCCC1CCN(C(=O)c2sc3nccnc3c2N)C1. The minimum Gasteiger partial charge on any atom is -0.396 e. The van der Waals surface area contributed by atoms with Crippen molar-refractivity contribution in [2.45, 2.75) is 26.2 Å². The molecule has 5 nitrogen and oxygen atoms in total. The van der Waals surface area contributed by atoms with Crippen LogP contribution >= 0.6 is 11.3 Å². The summed E-state index contributed by atoms with van der Waals surface area (Å²) in [5.41, 5.74) is 7.18. The number of anilines is 1. The Labute approximate surface area is 121 Å². The third-order valence-corrected chi connectivity index (χ3v) is 4.92. The summed E-state index contributed by atoms with van der Waals surface area (Å²) < 4.78 is 0. The van der Waals surface area contributed by atoms with Gasteiger partial charge in [-0.2, -0.15) is 0 Å². The lowest BCUT2D eigenvalue weighted by molar-refractivity contribution is 0.0792. The van der Waals surface area contributed by atoms with E-state index in [9.17, 15) is 4.79 Å². The molecular formula is C14H18N4OS. The van der Waals surface area contributed by atoms with Crippen LogP contribution in [0.2, 0.25) is 0 Å². The predicted molar refractivity (Wildman–Crippen MR) is 80.7 cm³/mol. The molecule has 3 heterocycles. The summed E-state index contributed by atoms with van der Waals surface area (Å²) in [6.45, 7) is 3.87. The first-order valence-electron chi connectivity index (χ1n) is 6.99. The number of thiophene rings is 1.